The second-order valence-electron chi connectivity index (χ2n) is 5.39. The first kappa shape index (κ1) is 13.8. The van der Waals surface area contributed by atoms with Crippen molar-refractivity contribution in [3.63, 3.8) is 0 Å². The molecule has 0 atom stereocenters. The second kappa shape index (κ2) is 5.38. The van der Waals surface area contributed by atoms with Gasteiger partial charge in [0.1, 0.15) is 5.60 Å². The van der Waals surface area contributed by atoms with Gasteiger partial charge in [-0.2, -0.15) is 0 Å². The van der Waals surface area contributed by atoms with Crippen LogP contribution >= 0.6 is 0 Å². The van der Waals surface area contributed by atoms with Gasteiger partial charge in [-0.3, -0.25) is 4.79 Å². The maximum absolute atomic E-state index is 11.6. The molecule has 17 heavy (non-hydrogen) atoms. The maximum Gasteiger partial charge on any atom is 0.410 e. The Hall–Kier alpha value is -1.26. The summed E-state index contributed by atoms with van der Waals surface area (Å²) in [7, 11) is 1.69. The zero-order valence-corrected chi connectivity index (χ0v) is 11.2. The Morgan fingerprint density at radius 3 is 2.59 bits per heavy atom. The molecule has 0 saturated carbocycles. The third-order valence-corrected chi connectivity index (χ3v) is 2.58. The summed E-state index contributed by atoms with van der Waals surface area (Å²) in [4.78, 5) is 26.3. The molecule has 5 nitrogen and oxygen atoms in total. The third-order valence-electron chi connectivity index (χ3n) is 2.58. The van der Waals surface area contributed by atoms with Gasteiger partial charge in [0, 0.05) is 33.1 Å². The van der Waals surface area contributed by atoms with Crippen LogP contribution in [0.25, 0.3) is 0 Å². The highest BCUT2D eigenvalue weighted by molar-refractivity contribution is 5.78. The van der Waals surface area contributed by atoms with E-state index >= 15 is 0 Å². The van der Waals surface area contributed by atoms with E-state index in [1.807, 2.05) is 20.8 Å². The van der Waals surface area contributed by atoms with Gasteiger partial charge in [-0.25, -0.2) is 4.79 Å². The van der Waals surface area contributed by atoms with E-state index < -0.39 is 5.60 Å². The Bertz CT molecular complexity index is 297. The van der Waals surface area contributed by atoms with Crippen LogP contribution in [0.15, 0.2) is 0 Å². The summed E-state index contributed by atoms with van der Waals surface area (Å²) in [6.45, 7) is 7.42. The van der Waals surface area contributed by atoms with Crippen molar-refractivity contribution in [2.24, 2.45) is 0 Å². The summed E-state index contributed by atoms with van der Waals surface area (Å²) in [6, 6.07) is 0. The molecule has 0 bridgehead atoms. The van der Waals surface area contributed by atoms with Crippen molar-refractivity contribution in [2.45, 2.75) is 39.2 Å². The highest BCUT2D eigenvalue weighted by atomic mass is 16.6. The van der Waals surface area contributed by atoms with Crippen LogP contribution in [0, 0.1) is 0 Å². The molecule has 1 aliphatic rings. The third kappa shape index (κ3) is 4.63. The Kier molecular flexibility index (Phi) is 4.37. The van der Waals surface area contributed by atoms with E-state index in [2.05, 4.69) is 0 Å². The van der Waals surface area contributed by atoms with Crippen LogP contribution in [-0.4, -0.2) is 54.1 Å². The summed E-state index contributed by atoms with van der Waals surface area (Å²) >= 11 is 0. The van der Waals surface area contributed by atoms with Crippen LogP contribution in [0.4, 0.5) is 4.79 Å². The van der Waals surface area contributed by atoms with Gasteiger partial charge in [0.2, 0.25) is 5.91 Å². The summed E-state index contributed by atoms with van der Waals surface area (Å²) in [5.74, 6) is 0.183. The molecule has 1 aliphatic heterocycles. The fourth-order valence-electron chi connectivity index (χ4n) is 1.64. The minimum atomic E-state index is -0.477. The first-order chi connectivity index (χ1) is 7.79. The minimum Gasteiger partial charge on any atom is -0.444 e. The van der Waals surface area contributed by atoms with Gasteiger partial charge in [0.25, 0.3) is 0 Å². The number of ether oxygens (including phenoxy) is 1. The molecule has 1 rings (SSSR count). The Morgan fingerprint density at radius 2 is 2.12 bits per heavy atom. The SMILES string of the molecule is CN(CCN1CCCC1=O)C(=O)OC(C)(C)C. The van der Waals surface area contributed by atoms with Gasteiger partial charge in [-0.1, -0.05) is 0 Å². The first-order valence-corrected chi connectivity index (χ1v) is 6.01. The van der Waals surface area contributed by atoms with Crippen LogP contribution in [0.2, 0.25) is 0 Å². The van der Waals surface area contributed by atoms with E-state index in [0.29, 0.717) is 19.5 Å². The van der Waals surface area contributed by atoms with E-state index in [1.165, 1.54) is 4.90 Å². The van der Waals surface area contributed by atoms with Crippen molar-refractivity contribution < 1.29 is 14.3 Å². The number of rotatable bonds is 3. The second-order valence-corrected chi connectivity index (χ2v) is 5.39. The number of hydrogen-bond acceptors (Lipinski definition) is 3. The quantitative estimate of drug-likeness (QED) is 0.753. The van der Waals surface area contributed by atoms with Crippen LogP contribution < -0.4 is 0 Å². The van der Waals surface area contributed by atoms with Crippen molar-refractivity contribution in [3.05, 3.63) is 0 Å². The Labute approximate surface area is 103 Å². The summed E-state index contributed by atoms with van der Waals surface area (Å²) in [5, 5.41) is 0. The van der Waals surface area contributed by atoms with Gasteiger partial charge >= 0.3 is 6.09 Å². The van der Waals surface area contributed by atoms with Crippen LogP contribution in [-0.2, 0) is 9.53 Å². The van der Waals surface area contributed by atoms with E-state index in [9.17, 15) is 9.59 Å². The molecular weight excluding hydrogens is 220 g/mol. The standard InChI is InChI=1S/C12H22N2O3/c1-12(2,3)17-11(16)13(4)8-9-14-7-5-6-10(14)15/h5-9H2,1-4H3. The molecule has 0 aromatic heterocycles. The lowest BCUT2D eigenvalue weighted by atomic mass is 10.2. The fraction of sp³-hybridized carbons (Fsp3) is 0.833. The zero-order chi connectivity index (χ0) is 13.1. The number of amides is 2. The molecular formula is C12H22N2O3. The molecule has 0 N–H and O–H groups in total. The first-order valence-electron chi connectivity index (χ1n) is 6.01. The van der Waals surface area contributed by atoms with Crippen LogP contribution in [0.3, 0.4) is 0 Å². The minimum absolute atomic E-state index is 0.183. The number of likely N-dealkylation sites (tertiary alicyclic amines) is 1. The number of likely N-dealkylation sites (N-methyl/N-ethyl adjacent to an activating group) is 1. The molecule has 0 radical (unpaired) electrons. The number of nitrogens with zero attached hydrogens (tertiary/aromatic N) is 2. The number of hydrogen-bond donors (Lipinski definition) is 0. The molecule has 2 amide bonds. The molecule has 0 aliphatic carbocycles. The maximum atomic E-state index is 11.6. The lowest BCUT2D eigenvalue weighted by Crippen LogP contribution is -2.39. The number of carbonyl (C=O) groups is 2. The lowest BCUT2D eigenvalue weighted by Gasteiger charge is -2.26. The monoisotopic (exact) mass is 242 g/mol. The molecule has 1 fully saturated rings. The Balaban J connectivity index is 2.31. The topological polar surface area (TPSA) is 49.9 Å². The van der Waals surface area contributed by atoms with Crippen molar-refractivity contribution in [2.75, 3.05) is 26.7 Å². The van der Waals surface area contributed by atoms with E-state index in [0.717, 1.165) is 13.0 Å². The molecule has 1 heterocycles. The van der Waals surface area contributed by atoms with Crippen molar-refractivity contribution in [1.29, 1.82) is 0 Å². The highest BCUT2D eigenvalue weighted by Gasteiger charge is 2.23. The van der Waals surface area contributed by atoms with Gasteiger partial charge in [0.15, 0.2) is 0 Å². The van der Waals surface area contributed by atoms with Gasteiger partial charge in [-0.15, -0.1) is 0 Å². The van der Waals surface area contributed by atoms with Gasteiger partial charge in [0.05, 0.1) is 0 Å². The lowest BCUT2D eigenvalue weighted by molar-refractivity contribution is -0.127. The van der Waals surface area contributed by atoms with E-state index in [4.69, 9.17) is 4.74 Å². The number of carbonyl (C=O) groups excluding carboxylic acids is 2. The Morgan fingerprint density at radius 1 is 1.47 bits per heavy atom. The normalized spacial score (nSPS) is 16.2. The van der Waals surface area contributed by atoms with Crippen molar-refractivity contribution in [3.8, 4) is 0 Å². The average Bonchev–Trinajstić information content (AvgIpc) is 2.57. The van der Waals surface area contributed by atoms with Crippen molar-refractivity contribution in [1.82, 2.24) is 9.80 Å². The van der Waals surface area contributed by atoms with E-state index in [1.54, 1.807) is 11.9 Å². The summed E-state index contributed by atoms with van der Waals surface area (Å²) < 4.78 is 5.23. The summed E-state index contributed by atoms with van der Waals surface area (Å²) in [5.41, 5.74) is -0.477. The van der Waals surface area contributed by atoms with Crippen LogP contribution in [0.5, 0.6) is 0 Å². The van der Waals surface area contributed by atoms with Gasteiger partial charge in [-0.05, 0) is 27.2 Å². The molecule has 5 heteroatoms. The zero-order valence-electron chi connectivity index (χ0n) is 11.2. The van der Waals surface area contributed by atoms with Gasteiger partial charge < -0.3 is 14.5 Å². The molecule has 98 valence electrons. The largest absolute Gasteiger partial charge is 0.444 e. The average molecular weight is 242 g/mol. The smallest absolute Gasteiger partial charge is 0.410 e. The molecule has 0 aromatic rings. The highest BCUT2D eigenvalue weighted by Crippen LogP contribution is 2.11. The summed E-state index contributed by atoms with van der Waals surface area (Å²) in [6.07, 6.45) is 1.22. The molecule has 0 unspecified atom stereocenters. The molecule has 0 spiro atoms. The predicted molar refractivity (Wildman–Crippen MR) is 64.7 cm³/mol. The van der Waals surface area contributed by atoms with E-state index in [-0.39, 0.29) is 12.0 Å². The molecule has 1 saturated heterocycles. The van der Waals surface area contributed by atoms with Crippen LogP contribution in [0.1, 0.15) is 33.6 Å². The van der Waals surface area contributed by atoms with Crippen molar-refractivity contribution >= 4 is 12.0 Å². The molecule has 0 aromatic carbocycles. The fourth-order valence-corrected chi connectivity index (χ4v) is 1.64. The predicted octanol–water partition coefficient (Wildman–Crippen LogP) is 1.48.